The van der Waals surface area contributed by atoms with Gasteiger partial charge in [0.05, 0.1) is 29.4 Å². The summed E-state index contributed by atoms with van der Waals surface area (Å²) in [5, 5.41) is 6.51. The molecule has 0 aliphatic carbocycles. The van der Waals surface area contributed by atoms with Gasteiger partial charge in [0.25, 0.3) is 0 Å². The monoisotopic (exact) mass is 543 g/mol. The van der Waals surface area contributed by atoms with E-state index in [2.05, 4.69) is 10.6 Å². The van der Waals surface area contributed by atoms with Gasteiger partial charge in [-0.15, -0.1) is 0 Å². The number of nitrogens with one attached hydrogen (secondary N) is 2. The fourth-order valence-electron chi connectivity index (χ4n) is 5.03. The molecule has 208 valence electrons. The van der Waals surface area contributed by atoms with Crippen LogP contribution >= 0.6 is 0 Å². The Hall–Kier alpha value is -2.79. The number of alkyl halides is 6. The number of likely N-dealkylation sites (tertiary alicyclic amines) is 1. The van der Waals surface area contributed by atoms with Crippen LogP contribution in [0.3, 0.4) is 0 Å². The Kier molecular flexibility index (Phi) is 8.27. The maximum absolute atomic E-state index is 13.3. The van der Waals surface area contributed by atoms with Gasteiger partial charge in [0, 0.05) is 25.7 Å². The van der Waals surface area contributed by atoms with Gasteiger partial charge < -0.3 is 20.3 Å². The van der Waals surface area contributed by atoms with Crippen molar-refractivity contribution in [1.29, 1.82) is 0 Å². The first-order valence-electron chi connectivity index (χ1n) is 12.6. The van der Waals surface area contributed by atoms with Crippen LogP contribution in [0.4, 0.5) is 31.1 Å². The first-order valence-corrected chi connectivity index (χ1v) is 12.6. The molecular formula is C27H31F6N3O2. The van der Waals surface area contributed by atoms with E-state index in [4.69, 9.17) is 4.74 Å². The van der Waals surface area contributed by atoms with E-state index < -0.39 is 35.1 Å². The van der Waals surface area contributed by atoms with Crippen molar-refractivity contribution in [3.05, 3.63) is 70.8 Å². The third-order valence-corrected chi connectivity index (χ3v) is 7.31. The molecule has 4 rings (SSSR count). The number of piperidine rings is 1. The molecule has 2 N–H and O–H groups in total. The summed E-state index contributed by atoms with van der Waals surface area (Å²) in [5.41, 5.74) is -2.79. The van der Waals surface area contributed by atoms with E-state index in [0.717, 1.165) is 31.5 Å². The molecule has 2 aromatic rings. The van der Waals surface area contributed by atoms with Crippen molar-refractivity contribution < 1.29 is 35.9 Å². The fourth-order valence-corrected chi connectivity index (χ4v) is 5.03. The zero-order valence-electron chi connectivity index (χ0n) is 21.0. The number of urea groups is 1. The number of hydrogen-bond donors (Lipinski definition) is 2. The molecule has 2 amide bonds. The highest BCUT2D eigenvalue weighted by atomic mass is 19.4. The van der Waals surface area contributed by atoms with E-state index in [1.165, 1.54) is 6.92 Å². The molecule has 0 radical (unpaired) electrons. The van der Waals surface area contributed by atoms with Crippen LogP contribution in [0.5, 0.6) is 0 Å². The van der Waals surface area contributed by atoms with E-state index in [-0.39, 0.29) is 30.3 Å². The molecule has 0 spiro atoms. The lowest BCUT2D eigenvalue weighted by Gasteiger charge is -2.42. The minimum atomic E-state index is -4.93. The van der Waals surface area contributed by atoms with Crippen LogP contribution in [0.2, 0.25) is 0 Å². The van der Waals surface area contributed by atoms with Gasteiger partial charge >= 0.3 is 18.4 Å². The van der Waals surface area contributed by atoms with Crippen LogP contribution in [-0.4, -0.2) is 43.2 Å². The number of hydrogen-bond acceptors (Lipinski definition) is 3. The summed E-state index contributed by atoms with van der Waals surface area (Å²) in [6.07, 6.45) is -7.75. The van der Waals surface area contributed by atoms with Crippen LogP contribution in [0.1, 0.15) is 61.0 Å². The summed E-state index contributed by atoms with van der Waals surface area (Å²) < 4.78 is 86.0. The number of carbonyl (C=O) groups excluding carboxylic acids is 1. The summed E-state index contributed by atoms with van der Waals surface area (Å²) in [6, 6.07) is 10.7. The Morgan fingerprint density at radius 3 is 2.18 bits per heavy atom. The summed E-state index contributed by atoms with van der Waals surface area (Å²) >= 11 is 0. The molecule has 2 aliphatic rings. The van der Waals surface area contributed by atoms with Gasteiger partial charge in [-0.3, -0.25) is 0 Å². The molecule has 0 bridgehead atoms. The molecule has 0 aromatic heterocycles. The quantitative estimate of drug-likeness (QED) is 0.424. The second-order valence-electron chi connectivity index (χ2n) is 10.0. The molecule has 2 heterocycles. The lowest BCUT2D eigenvalue weighted by molar-refractivity contribution is -0.143. The predicted molar refractivity (Wildman–Crippen MR) is 129 cm³/mol. The summed E-state index contributed by atoms with van der Waals surface area (Å²) in [5.74, 6) is 0. The van der Waals surface area contributed by atoms with E-state index >= 15 is 0 Å². The number of nitrogens with zero attached hydrogens (tertiary/aromatic N) is 1. The van der Waals surface area contributed by atoms with E-state index in [1.54, 1.807) is 4.90 Å². The molecule has 2 saturated heterocycles. The molecule has 1 unspecified atom stereocenters. The number of ether oxygens (including phenoxy) is 1. The molecule has 11 heteroatoms. The smallest absolute Gasteiger partial charge is 0.372 e. The normalized spacial score (nSPS) is 23.3. The maximum Gasteiger partial charge on any atom is 0.416 e. The maximum atomic E-state index is 13.3. The van der Waals surface area contributed by atoms with Crippen molar-refractivity contribution in [3.8, 4) is 0 Å². The Morgan fingerprint density at radius 2 is 1.66 bits per heavy atom. The van der Waals surface area contributed by atoms with Crippen molar-refractivity contribution in [1.82, 2.24) is 15.5 Å². The number of rotatable bonds is 6. The van der Waals surface area contributed by atoms with E-state index in [0.29, 0.717) is 31.5 Å². The van der Waals surface area contributed by atoms with E-state index in [1.807, 2.05) is 30.3 Å². The van der Waals surface area contributed by atoms with Crippen LogP contribution in [-0.2, 0) is 22.6 Å². The van der Waals surface area contributed by atoms with Gasteiger partial charge in [0.2, 0.25) is 0 Å². The lowest BCUT2D eigenvalue weighted by atomic mass is 9.81. The van der Waals surface area contributed by atoms with Gasteiger partial charge in [-0.1, -0.05) is 30.3 Å². The van der Waals surface area contributed by atoms with Gasteiger partial charge in [0.1, 0.15) is 0 Å². The zero-order chi connectivity index (χ0) is 27.6. The summed E-state index contributed by atoms with van der Waals surface area (Å²) in [4.78, 5) is 14.3. The lowest BCUT2D eigenvalue weighted by Crippen LogP contribution is -2.58. The molecule has 0 saturated carbocycles. The molecular weight excluding hydrogens is 512 g/mol. The number of carbonyl (C=O) groups is 1. The Labute approximate surface area is 217 Å². The standard InChI is InChI=1S/C27H31F6N3O2/c1-18(19-13-21(26(28,29)30)15-22(14-19)27(31,32)33)38-17-25(20-7-3-2-4-8-20)10-9-23(16-34-25)35-24(37)36-11-5-6-12-36/h2-4,7-8,13-15,18,23,34H,5-6,9-12,16-17H2,1H3,(H,35,37)/t18?,23-,25+/m0/s1. The van der Waals surface area contributed by atoms with Crippen molar-refractivity contribution in [2.45, 2.75) is 62.6 Å². The van der Waals surface area contributed by atoms with Crippen LogP contribution in [0.15, 0.2) is 48.5 Å². The first-order chi connectivity index (χ1) is 17.9. The number of amides is 2. The van der Waals surface area contributed by atoms with Crippen LogP contribution in [0, 0.1) is 0 Å². The molecule has 2 aliphatic heterocycles. The highest BCUT2D eigenvalue weighted by molar-refractivity contribution is 5.74. The summed E-state index contributed by atoms with van der Waals surface area (Å²) in [6.45, 7) is 3.36. The van der Waals surface area contributed by atoms with Gasteiger partial charge in [0.15, 0.2) is 0 Å². The molecule has 2 aromatic carbocycles. The van der Waals surface area contributed by atoms with Crippen LogP contribution < -0.4 is 10.6 Å². The second-order valence-corrected chi connectivity index (χ2v) is 10.0. The highest BCUT2D eigenvalue weighted by Gasteiger charge is 2.40. The Morgan fingerprint density at radius 1 is 1.05 bits per heavy atom. The minimum absolute atomic E-state index is 0.0164. The SMILES string of the molecule is CC(OC[C@@]1(c2ccccc2)CC[C@H](NC(=O)N2CCCC2)CN1)c1cc(C(F)(F)F)cc(C(F)(F)F)c1. The van der Waals surface area contributed by atoms with Crippen molar-refractivity contribution >= 4 is 6.03 Å². The Bertz CT molecular complexity index is 1060. The first kappa shape index (κ1) is 28.2. The van der Waals surface area contributed by atoms with Crippen molar-refractivity contribution in [2.75, 3.05) is 26.2 Å². The number of benzene rings is 2. The molecule has 2 fully saturated rings. The predicted octanol–water partition coefficient (Wildman–Crippen LogP) is 6.25. The van der Waals surface area contributed by atoms with Crippen molar-refractivity contribution in [2.24, 2.45) is 0 Å². The van der Waals surface area contributed by atoms with Gasteiger partial charge in [-0.2, -0.15) is 26.3 Å². The van der Waals surface area contributed by atoms with Crippen LogP contribution in [0.25, 0.3) is 0 Å². The molecule has 5 nitrogen and oxygen atoms in total. The van der Waals surface area contributed by atoms with Gasteiger partial charge in [-0.05, 0) is 61.9 Å². The zero-order valence-corrected chi connectivity index (χ0v) is 21.0. The third kappa shape index (κ3) is 6.61. The van der Waals surface area contributed by atoms with Gasteiger partial charge in [-0.25, -0.2) is 4.79 Å². The summed E-state index contributed by atoms with van der Waals surface area (Å²) in [7, 11) is 0. The topological polar surface area (TPSA) is 53.6 Å². The third-order valence-electron chi connectivity index (χ3n) is 7.31. The Balaban J connectivity index is 1.49. The molecule has 38 heavy (non-hydrogen) atoms. The largest absolute Gasteiger partial charge is 0.416 e. The minimum Gasteiger partial charge on any atom is -0.372 e. The average molecular weight is 544 g/mol. The average Bonchev–Trinajstić information content (AvgIpc) is 3.43. The second kappa shape index (κ2) is 11.1. The van der Waals surface area contributed by atoms with E-state index in [9.17, 15) is 31.1 Å². The van der Waals surface area contributed by atoms with Crippen molar-refractivity contribution in [3.63, 3.8) is 0 Å². The fraction of sp³-hybridized carbons (Fsp3) is 0.519. The highest BCUT2D eigenvalue weighted by Crippen LogP contribution is 2.39. The number of halogens is 6. The molecule has 3 atom stereocenters.